The van der Waals surface area contributed by atoms with Crippen LogP contribution in [0.2, 0.25) is 0 Å². The first-order valence-electron chi connectivity index (χ1n) is 14.4. The van der Waals surface area contributed by atoms with Gasteiger partial charge in [-0.05, 0) is 59.4 Å². The Morgan fingerprint density at radius 3 is 2.49 bits per heavy atom. The van der Waals surface area contributed by atoms with Crippen LogP contribution in [0, 0.1) is 0 Å². The Hall–Kier alpha value is -2.80. The second-order valence-corrected chi connectivity index (χ2v) is 14.7. The van der Waals surface area contributed by atoms with Crippen LogP contribution in [0.1, 0.15) is 89.3 Å². The van der Waals surface area contributed by atoms with Crippen molar-refractivity contribution in [3.8, 4) is 11.3 Å². The van der Waals surface area contributed by atoms with Crippen molar-refractivity contribution in [3.05, 3.63) is 51.9 Å². The number of likely N-dealkylation sites (tertiary alicyclic amines) is 1. The molecule has 6 rings (SSSR count). The molecule has 3 unspecified atom stereocenters. The molecule has 0 N–H and O–H groups in total. The van der Waals surface area contributed by atoms with Gasteiger partial charge in [0.25, 0.3) is 0 Å². The molecule has 0 radical (unpaired) electrons. The van der Waals surface area contributed by atoms with E-state index in [1.54, 1.807) is 11.3 Å². The fraction of sp³-hybridized carbons (Fsp3) is 0.562. The molecule has 7 heteroatoms. The van der Waals surface area contributed by atoms with Gasteiger partial charge in [0.1, 0.15) is 12.1 Å². The second kappa shape index (κ2) is 9.12. The lowest BCUT2D eigenvalue weighted by atomic mass is 9.79. The number of aliphatic imine (C=N–C) groups is 2. The molecule has 0 spiro atoms. The molecule has 1 saturated carbocycles. The number of carbonyl (C=O) groups excluding carboxylic acids is 1. The number of dihydropyridines is 1. The maximum Gasteiger partial charge on any atom is 0.242 e. The summed E-state index contributed by atoms with van der Waals surface area (Å²) in [7, 11) is 0. The largest absolute Gasteiger partial charge is 0.341 e. The Balaban J connectivity index is 1.13. The molecule has 2 aromatic rings. The van der Waals surface area contributed by atoms with Gasteiger partial charge < -0.3 is 9.80 Å². The van der Waals surface area contributed by atoms with Crippen molar-refractivity contribution < 1.29 is 4.79 Å². The van der Waals surface area contributed by atoms with Crippen molar-refractivity contribution in [3.63, 3.8) is 0 Å². The van der Waals surface area contributed by atoms with Crippen LogP contribution in [-0.4, -0.2) is 64.1 Å². The van der Waals surface area contributed by atoms with Crippen molar-refractivity contribution in [2.24, 2.45) is 9.98 Å². The molecule has 39 heavy (non-hydrogen) atoms. The van der Waals surface area contributed by atoms with Crippen LogP contribution in [0.15, 0.2) is 45.7 Å². The van der Waals surface area contributed by atoms with E-state index in [0.29, 0.717) is 12.5 Å². The topological polar surface area (TPSA) is 61.2 Å². The second-order valence-electron chi connectivity index (χ2n) is 13.8. The van der Waals surface area contributed by atoms with E-state index in [0.717, 1.165) is 44.5 Å². The summed E-state index contributed by atoms with van der Waals surface area (Å²) in [4.78, 5) is 32.0. The highest BCUT2D eigenvalue weighted by atomic mass is 32.1. The maximum absolute atomic E-state index is 13.3. The lowest BCUT2D eigenvalue weighted by Gasteiger charge is -2.28. The summed E-state index contributed by atoms with van der Waals surface area (Å²) in [6.07, 6.45) is 11.7. The predicted octanol–water partition coefficient (Wildman–Crippen LogP) is 6.32. The molecule has 4 heterocycles. The summed E-state index contributed by atoms with van der Waals surface area (Å²) < 4.78 is 0. The van der Waals surface area contributed by atoms with Crippen LogP contribution in [0.4, 0.5) is 0 Å². The summed E-state index contributed by atoms with van der Waals surface area (Å²) in [5.41, 5.74) is 4.57. The number of thiazole rings is 1. The van der Waals surface area contributed by atoms with Gasteiger partial charge in [0.05, 0.1) is 17.0 Å². The van der Waals surface area contributed by atoms with Crippen molar-refractivity contribution in [2.45, 2.75) is 95.2 Å². The van der Waals surface area contributed by atoms with Gasteiger partial charge in [0.2, 0.25) is 5.91 Å². The minimum absolute atomic E-state index is 0.0771. The van der Waals surface area contributed by atoms with Crippen LogP contribution in [0.25, 0.3) is 11.3 Å². The number of carbonyl (C=O) groups is 1. The van der Waals surface area contributed by atoms with E-state index in [1.165, 1.54) is 21.7 Å². The number of hydrogen-bond acceptors (Lipinski definition) is 6. The standard InChI is InChI=1S/C32H41N5OS/c1-29(2,3)24-15-23(16-25(17-24)30(4,5)6)26-19-39-28(35-26)22-9-7-13-36(14-10-22)27(38)18-37-21-34-31-11-8-12-33-32(31,37)20-31/h8,11-12,15-17,19,21-22H,7,9-10,13-14,18,20H2,1-6H3. The molecule has 1 amide bonds. The molecular weight excluding hydrogens is 502 g/mol. The minimum Gasteiger partial charge on any atom is -0.341 e. The Kier molecular flexibility index (Phi) is 6.18. The Bertz CT molecular complexity index is 1340. The fourth-order valence-electron chi connectivity index (χ4n) is 6.19. The quantitative estimate of drug-likeness (QED) is 0.453. The van der Waals surface area contributed by atoms with E-state index >= 15 is 0 Å². The summed E-state index contributed by atoms with van der Waals surface area (Å²) in [5.74, 6) is 0.572. The van der Waals surface area contributed by atoms with Gasteiger partial charge in [0.15, 0.2) is 5.66 Å². The molecule has 2 fully saturated rings. The Morgan fingerprint density at radius 2 is 1.77 bits per heavy atom. The number of rotatable bonds is 4. The molecule has 1 saturated heterocycles. The van der Waals surface area contributed by atoms with Crippen LogP contribution < -0.4 is 0 Å². The van der Waals surface area contributed by atoms with Crippen LogP contribution in [0.5, 0.6) is 0 Å². The molecule has 1 aliphatic carbocycles. The molecule has 3 aliphatic heterocycles. The zero-order chi connectivity index (χ0) is 27.6. The van der Waals surface area contributed by atoms with Crippen LogP contribution in [-0.2, 0) is 15.6 Å². The Labute approximate surface area is 237 Å². The summed E-state index contributed by atoms with van der Waals surface area (Å²) >= 11 is 1.78. The highest BCUT2D eigenvalue weighted by molar-refractivity contribution is 7.10. The molecule has 4 aliphatic rings. The van der Waals surface area contributed by atoms with Crippen molar-refractivity contribution in [1.82, 2.24) is 14.8 Å². The molecule has 206 valence electrons. The van der Waals surface area contributed by atoms with E-state index < -0.39 is 0 Å². The SMILES string of the molecule is CC(C)(C)c1cc(-c2csc(C3CCCN(C(=O)CN4C=NC56C=CC=NC45C6)CC3)n2)cc(C(C)(C)C)c1. The Morgan fingerprint density at radius 1 is 1.03 bits per heavy atom. The third-order valence-corrected chi connectivity index (χ3v) is 9.96. The van der Waals surface area contributed by atoms with Gasteiger partial charge in [-0.15, -0.1) is 11.3 Å². The van der Waals surface area contributed by atoms with E-state index in [-0.39, 0.29) is 27.9 Å². The average molecular weight is 544 g/mol. The van der Waals surface area contributed by atoms with E-state index in [2.05, 4.69) is 76.1 Å². The predicted molar refractivity (Wildman–Crippen MR) is 161 cm³/mol. The molecule has 6 nitrogen and oxygen atoms in total. The average Bonchev–Trinajstić information content (AvgIpc) is 3.30. The zero-order valence-electron chi connectivity index (χ0n) is 24.2. The van der Waals surface area contributed by atoms with Crippen LogP contribution >= 0.6 is 11.3 Å². The number of amides is 1. The number of nitrogens with zero attached hydrogens (tertiary/aromatic N) is 5. The molecular formula is C32H41N5OS. The monoisotopic (exact) mass is 543 g/mol. The lowest BCUT2D eigenvalue weighted by Crippen LogP contribution is -2.45. The number of allylic oxidation sites excluding steroid dienone is 1. The number of hydrogen-bond donors (Lipinski definition) is 0. The van der Waals surface area contributed by atoms with Crippen molar-refractivity contribution in [2.75, 3.05) is 19.6 Å². The molecule has 1 aromatic carbocycles. The zero-order valence-corrected chi connectivity index (χ0v) is 25.0. The lowest BCUT2D eigenvalue weighted by molar-refractivity contribution is -0.131. The third kappa shape index (κ3) is 4.66. The van der Waals surface area contributed by atoms with Gasteiger partial charge in [-0.1, -0.05) is 53.7 Å². The molecule has 1 aromatic heterocycles. The first-order valence-corrected chi connectivity index (χ1v) is 15.2. The van der Waals surface area contributed by atoms with E-state index in [1.807, 2.05) is 23.5 Å². The maximum atomic E-state index is 13.3. The summed E-state index contributed by atoms with van der Waals surface area (Å²) in [5, 5.41) is 3.43. The normalized spacial score (nSPS) is 27.9. The van der Waals surface area contributed by atoms with E-state index in [9.17, 15) is 4.79 Å². The summed E-state index contributed by atoms with van der Waals surface area (Å²) in [6, 6.07) is 7.01. The van der Waals surface area contributed by atoms with Crippen molar-refractivity contribution in [1.29, 1.82) is 0 Å². The summed E-state index contributed by atoms with van der Waals surface area (Å²) in [6.45, 7) is 15.6. The third-order valence-electron chi connectivity index (χ3n) is 8.95. The van der Waals surface area contributed by atoms with Crippen molar-refractivity contribution >= 4 is 29.8 Å². The van der Waals surface area contributed by atoms with Gasteiger partial charge >= 0.3 is 0 Å². The fourth-order valence-corrected chi connectivity index (χ4v) is 7.19. The van der Waals surface area contributed by atoms with Crippen LogP contribution in [0.3, 0.4) is 0 Å². The van der Waals surface area contributed by atoms with Gasteiger partial charge in [0, 0.05) is 42.6 Å². The highest BCUT2D eigenvalue weighted by Gasteiger charge is 2.73. The van der Waals surface area contributed by atoms with Gasteiger partial charge in [-0.2, -0.15) is 0 Å². The van der Waals surface area contributed by atoms with Gasteiger partial charge in [-0.3, -0.25) is 14.8 Å². The number of benzene rings is 1. The van der Waals surface area contributed by atoms with Gasteiger partial charge in [-0.25, -0.2) is 4.98 Å². The minimum atomic E-state index is -0.347. The number of aromatic nitrogens is 1. The van der Waals surface area contributed by atoms with E-state index in [4.69, 9.17) is 15.0 Å². The highest BCUT2D eigenvalue weighted by Crippen LogP contribution is 2.60. The first kappa shape index (κ1) is 26.4. The molecule has 3 atom stereocenters. The molecule has 0 bridgehead atoms. The smallest absolute Gasteiger partial charge is 0.242 e. The first-order chi connectivity index (χ1) is 18.4.